The van der Waals surface area contributed by atoms with Gasteiger partial charge in [0.15, 0.2) is 5.78 Å². The summed E-state index contributed by atoms with van der Waals surface area (Å²) in [5.41, 5.74) is 3.09. The summed E-state index contributed by atoms with van der Waals surface area (Å²) in [4.78, 5) is 38.9. The maximum Gasteiger partial charge on any atom is 0.342 e. The van der Waals surface area contributed by atoms with Crippen molar-refractivity contribution in [3.05, 3.63) is 77.0 Å². The van der Waals surface area contributed by atoms with Gasteiger partial charge in [-0.2, -0.15) is 0 Å². The number of carbonyl (C=O) groups excluding carboxylic acids is 3. The topological polar surface area (TPSA) is 79.0 Å². The third kappa shape index (κ3) is 3.45. The lowest BCUT2D eigenvalue weighted by Gasteiger charge is -2.10. The third-order valence-corrected chi connectivity index (χ3v) is 5.29. The van der Waals surface area contributed by atoms with E-state index in [4.69, 9.17) is 9.47 Å². The van der Waals surface area contributed by atoms with E-state index >= 15 is 0 Å². The number of rotatable bonds is 7. The molecule has 0 aliphatic carbocycles. The van der Waals surface area contributed by atoms with Gasteiger partial charge in [0.25, 0.3) is 0 Å². The van der Waals surface area contributed by atoms with Gasteiger partial charge in [-0.3, -0.25) is 9.20 Å². The first kappa shape index (κ1) is 21.4. The molecule has 0 N–H and O–H groups in total. The Kier molecular flexibility index (Phi) is 5.81. The molecule has 0 saturated heterocycles. The van der Waals surface area contributed by atoms with Crippen LogP contribution in [0.15, 0.2) is 54.6 Å². The maximum absolute atomic E-state index is 13.1. The van der Waals surface area contributed by atoms with Gasteiger partial charge in [0.05, 0.1) is 24.2 Å². The molecule has 0 amide bonds. The molecular formula is C25H24N2O5. The zero-order valence-electron chi connectivity index (χ0n) is 18.3. The lowest BCUT2D eigenvalue weighted by Crippen LogP contribution is -2.16. The summed E-state index contributed by atoms with van der Waals surface area (Å²) < 4.78 is 14.2. The fourth-order valence-corrected chi connectivity index (χ4v) is 4.10. The smallest absolute Gasteiger partial charge is 0.342 e. The van der Waals surface area contributed by atoms with Crippen LogP contribution in [-0.2, 0) is 16.0 Å². The summed E-state index contributed by atoms with van der Waals surface area (Å²) in [7, 11) is 0. The lowest BCUT2D eigenvalue weighted by atomic mass is 10.1. The van der Waals surface area contributed by atoms with Crippen LogP contribution in [0, 0.1) is 0 Å². The van der Waals surface area contributed by atoms with Crippen molar-refractivity contribution in [2.45, 2.75) is 27.3 Å². The molecule has 32 heavy (non-hydrogen) atoms. The summed E-state index contributed by atoms with van der Waals surface area (Å²) in [6, 6.07) is 17.3. The summed E-state index contributed by atoms with van der Waals surface area (Å²) in [5.74, 6) is -1.74. The summed E-state index contributed by atoms with van der Waals surface area (Å²) in [6.07, 6.45) is 0. The Morgan fingerprint density at radius 3 is 1.94 bits per heavy atom. The first-order valence-electron chi connectivity index (χ1n) is 10.5. The number of carbonyl (C=O) groups is 3. The molecule has 0 aliphatic heterocycles. The summed E-state index contributed by atoms with van der Waals surface area (Å²) in [5, 5.41) is 0. The Labute approximate surface area is 185 Å². The van der Waals surface area contributed by atoms with E-state index < -0.39 is 11.9 Å². The molecule has 0 atom stereocenters. The SMILES string of the molecule is CCOC(=O)c1c(C(=O)OCC)c2n(Cc3ccccc3)c3ccccc3n2c1C(C)=O. The van der Waals surface area contributed by atoms with Gasteiger partial charge in [0.1, 0.15) is 22.5 Å². The van der Waals surface area contributed by atoms with Crippen LogP contribution in [0.3, 0.4) is 0 Å². The average molecular weight is 432 g/mol. The van der Waals surface area contributed by atoms with E-state index in [2.05, 4.69) is 0 Å². The second kappa shape index (κ2) is 8.70. The molecule has 164 valence electrons. The van der Waals surface area contributed by atoms with Gasteiger partial charge in [0.2, 0.25) is 0 Å². The highest BCUT2D eigenvalue weighted by atomic mass is 16.5. The highest BCUT2D eigenvalue weighted by Crippen LogP contribution is 2.33. The molecule has 2 heterocycles. The quantitative estimate of drug-likeness (QED) is 0.317. The van der Waals surface area contributed by atoms with Crippen LogP contribution in [0.4, 0.5) is 0 Å². The Hall–Kier alpha value is -3.87. The number of ether oxygens (including phenoxy) is 2. The average Bonchev–Trinajstić information content (AvgIpc) is 3.29. The normalized spacial score (nSPS) is 11.1. The van der Waals surface area contributed by atoms with Gasteiger partial charge >= 0.3 is 11.9 Å². The van der Waals surface area contributed by atoms with Gasteiger partial charge in [0, 0.05) is 13.5 Å². The molecule has 0 bridgehead atoms. The van der Waals surface area contributed by atoms with E-state index in [9.17, 15) is 14.4 Å². The molecule has 2 aromatic carbocycles. The molecule has 0 unspecified atom stereocenters. The minimum absolute atomic E-state index is 0.0441. The van der Waals surface area contributed by atoms with E-state index in [0.29, 0.717) is 17.7 Å². The highest BCUT2D eigenvalue weighted by Gasteiger charge is 2.35. The fraction of sp³-hybridized carbons (Fsp3) is 0.240. The molecule has 4 aromatic rings. The third-order valence-electron chi connectivity index (χ3n) is 5.29. The zero-order valence-corrected chi connectivity index (χ0v) is 18.3. The first-order chi connectivity index (χ1) is 15.5. The lowest BCUT2D eigenvalue weighted by molar-refractivity contribution is 0.0480. The predicted octanol–water partition coefficient (Wildman–Crippen LogP) is 4.50. The van der Waals surface area contributed by atoms with Crippen LogP contribution in [0.2, 0.25) is 0 Å². The largest absolute Gasteiger partial charge is 0.462 e. The molecule has 0 spiro atoms. The van der Waals surface area contributed by atoms with Crippen LogP contribution >= 0.6 is 0 Å². The number of Topliss-reactive ketones (excluding diaryl/α,β-unsaturated/α-hetero) is 1. The Morgan fingerprint density at radius 1 is 0.781 bits per heavy atom. The maximum atomic E-state index is 13.1. The molecule has 0 aliphatic rings. The predicted molar refractivity (Wildman–Crippen MR) is 120 cm³/mol. The number of fused-ring (bicyclic) bond motifs is 3. The number of benzene rings is 2. The fourth-order valence-electron chi connectivity index (χ4n) is 4.10. The number of aromatic nitrogens is 2. The van der Waals surface area contributed by atoms with E-state index in [-0.39, 0.29) is 35.8 Å². The Morgan fingerprint density at radius 2 is 1.34 bits per heavy atom. The van der Waals surface area contributed by atoms with Crippen LogP contribution in [0.1, 0.15) is 57.5 Å². The molecule has 7 heteroatoms. The van der Waals surface area contributed by atoms with E-state index in [1.54, 1.807) is 18.2 Å². The molecule has 2 aromatic heterocycles. The van der Waals surface area contributed by atoms with Crippen molar-refractivity contribution in [1.29, 1.82) is 0 Å². The number of esters is 2. The first-order valence-corrected chi connectivity index (χ1v) is 10.5. The monoisotopic (exact) mass is 432 g/mol. The van der Waals surface area contributed by atoms with Crippen molar-refractivity contribution in [3.63, 3.8) is 0 Å². The minimum atomic E-state index is -0.722. The van der Waals surface area contributed by atoms with Gasteiger partial charge < -0.3 is 14.0 Å². The van der Waals surface area contributed by atoms with Crippen molar-refractivity contribution in [2.75, 3.05) is 13.2 Å². The Bertz CT molecular complexity index is 1330. The number of para-hydroxylation sites is 2. The summed E-state index contributed by atoms with van der Waals surface area (Å²) in [6.45, 7) is 5.43. The number of ketones is 1. The molecular weight excluding hydrogens is 408 g/mol. The van der Waals surface area contributed by atoms with E-state index in [0.717, 1.165) is 11.1 Å². The molecule has 7 nitrogen and oxygen atoms in total. The molecule has 0 saturated carbocycles. The van der Waals surface area contributed by atoms with Crippen molar-refractivity contribution in [1.82, 2.24) is 8.97 Å². The highest BCUT2D eigenvalue weighted by molar-refractivity contribution is 6.16. The summed E-state index contributed by atoms with van der Waals surface area (Å²) >= 11 is 0. The number of nitrogens with zero attached hydrogens (tertiary/aromatic N) is 2. The second-order valence-corrected chi connectivity index (χ2v) is 7.32. The van der Waals surface area contributed by atoms with Gasteiger partial charge in [-0.05, 0) is 31.5 Å². The van der Waals surface area contributed by atoms with Gasteiger partial charge in [-0.25, -0.2) is 9.59 Å². The van der Waals surface area contributed by atoms with Crippen molar-refractivity contribution in [2.24, 2.45) is 0 Å². The standard InChI is InChI=1S/C25H24N2O5/c1-4-31-24(29)20-21(25(30)32-5-2)23-26(15-17-11-7-6-8-12-17)18-13-9-10-14-19(18)27(23)22(20)16(3)28/h6-14H,4-5,15H2,1-3H3. The molecule has 4 rings (SSSR count). The second-order valence-electron chi connectivity index (χ2n) is 7.32. The number of hydrogen-bond donors (Lipinski definition) is 0. The van der Waals surface area contributed by atoms with Crippen LogP contribution < -0.4 is 0 Å². The molecule has 0 fully saturated rings. The van der Waals surface area contributed by atoms with Crippen LogP contribution in [0.25, 0.3) is 16.7 Å². The molecule has 0 radical (unpaired) electrons. The van der Waals surface area contributed by atoms with Crippen molar-refractivity contribution in [3.8, 4) is 0 Å². The zero-order chi connectivity index (χ0) is 22.8. The van der Waals surface area contributed by atoms with Crippen LogP contribution in [-0.4, -0.2) is 39.9 Å². The number of imidazole rings is 1. The van der Waals surface area contributed by atoms with Crippen molar-refractivity contribution >= 4 is 34.4 Å². The van der Waals surface area contributed by atoms with Gasteiger partial charge in [-0.1, -0.05) is 42.5 Å². The van der Waals surface area contributed by atoms with E-state index in [1.807, 2.05) is 59.2 Å². The van der Waals surface area contributed by atoms with E-state index in [1.165, 1.54) is 6.92 Å². The Balaban J connectivity index is 2.17. The van der Waals surface area contributed by atoms with Crippen LogP contribution in [0.5, 0.6) is 0 Å². The van der Waals surface area contributed by atoms with Gasteiger partial charge in [-0.15, -0.1) is 0 Å². The minimum Gasteiger partial charge on any atom is -0.462 e. The number of hydrogen-bond acceptors (Lipinski definition) is 5. The van der Waals surface area contributed by atoms with Crippen molar-refractivity contribution < 1.29 is 23.9 Å².